The molecule has 0 radical (unpaired) electrons. The number of non-ortho nitro benzene ring substituents is 1. The minimum Gasteiger partial charge on any atom is -0.872 e. The highest BCUT2D eigenvalue weighted by Crippen LogP contribution is 2.21. The quantitative estimate of drug-likeness (QED) is 0.534. The third-order valence-corrected chi connectivity index (χ3v) is 3.18. The summed E-state index contributed by atoms with van der Waals surface area (Å²) in [5, 5.41) is 26.7. The number of hydrogen-bond acceptors (Lipinski definition) is 5. The highest BCUT2D eigenvalue weighted by atomic mass is 35.5. The number of nitro benzene ring substituents is 1. The summed E-state index contributed by atoms with van der Waals surface area (Å²) in [4.78, 5) is 10.1. The first kappa shape index (κ1) is 14.8. The Kier molecular flexibility index (Phi) is 4.39. The maximum atomic E-state index is 11.6. The predicted octanol–water partition coefficient (Wildman–Crippen LogP) is 3.08. The SMILES string of the molecule is Cc1ccc(N/N=C\c2cc([N+](=O)[O-])ccc2[O-])cc1Cl. The van der Waals surface area contributed by atoms with Crippen LogP contribution in [0.25, 0.3) is 0 Å². The zero-order chi connectivity index (χ0) is 15.4. The van der Waals surface area contributed by atoms with Gasteiger partial charge in [0, 0.05) is 17.2 Å². The Morgan fingerprint density at radius 1 is 1.29 bits per heavy atom. The van der Waals surface area contributed by atoms with Crippen LogP contribution in [0.5, 0.6) is 5.75 Å². The fourth-order valence-electron chi connectivity index (χ4n) is 1.59. The monoisotopic (exact) mass is 304 g/mol. The number of rotatable bonds is 4. The summed E-state index contributed by atoms with van der Waals surface area (Å²) in [6.45, 7) is 1.88. The highest BCUT2D eigenvalue weighted by molar-refractivity contribution is 6.31. The summed E-state index contributed by atoms with van der Waals surface area (Å²) >= 11 is 5.97. The fourth-order valence-corrected chi connectivity index (χ4v) is 1.77. The molecular weight excluding hydrogens is 294 g/mol. The van der Waals surface area contributed by atoms with E-state index in [1.54, 1.807) is 12.1 Å². The lowest BCUT2D eigenvalue weighted by Crippen LogP contribution is -1.99. The second-order valence-corrected chi connectivity index (χ2v) is 4.72. The molecule has 7 heteroatoms. The molecule has 108 valence electrons. The van der Waals surface area contributed by atoms with Crippen molar-refractivity contribution < 1.29 is 10.0 Å². The molecule has 0 unspecified atom stereocenters. The minimum atomic E-state index is -0.566. The summed E-state index contributed by atoms with van der Waals surface area (Å²) in [7, 11) is 0. The Balaban J connectivity index is 2.15. The van der Waals surface area contributed by atoms with Gasteiger partial charge in [0.15, 0.2) is 0 Å². The molecule has 0 heterocycles. The molecule has 0 saturated heterocycles. The maximum absolute atomic E-state index is 11.6. The first-order chi connectivity index (χ1) is 9.97. The number of benzene rings is 2. The summed E-state index contributed by atoms with van der Waals surface area (Å²) in [6, 6.07) is 8.78. The molecular formula is C14H11ClN3O3-. The lowest BCUT2D eigenvalue weighted by atomic mass is 10.2. The number of nitrogens with one attached hydrogen (secondary N) is 1. The van der Waals surface area contributed by atoms with Crippen molar-refractivity contribution in [3.8, 4) is 5.75 Å². The van der Waals surface area contributed by atoms with Gasteiger partial charge in [0.05, 0.1) is 16.8 Å². The van der Waals surface area contributed by atoms with Gasteiger partial charge >= 0.3 is 0 Å². The van der Waals surface area contributed by atoms with Gasteiger partial charge in [0.1, 0.15) is 0 Å². The van der Waals surface area contributed by atoms with E-state index >= 15 is 0 Å². The van der Waals surface area contributed by atoms with E-state index < -0.39 is 4.92 Å². The van der Waals surface area contributed by atoms with Crippen LogP contribution in [0.2, 0.25) is 5.02 Å². The normalized spacial score (nSPS) is 10.8. The molecule has 0 bridgehead atoms. The van der Waals surface area contributed by atoms with Gasteiger partial charge < -0.3 is 5.11 Å². The van der Waals surface area contributed by atoms with Crippen molar-refractivity contribution in [3.05, 3.63) is 62.7 Å². The molecule has 0 aliphatic carbocycles. The van der Waals surface area contributed by atoms with E-state index in [1.165, 1.54) is 12.3 Å². The number of hydrazone groups is 1. The van der Waals surface area contributed by atoms with Crippen molar-refractivity contribution in [2.24, 2.45) is 5.10 Å². The average Bonchev–Trinajstić information content (AvgIpc) is 2.44. The summed E-state index contributed by atoms with van der Waals surface area (Å²) in [5.41, 5.74) is 4.28. The van der Waals surface area contributed by atoms with Crippen molar-refractivity contribution in [3.63, 3.8) is 0 Å². The number of anilines is 1. The van der Waals surface area contributed by atoms with E-state index in [4.69, 9.17) is 11.6 Å². The van der Waals surface area contributed by atoms with Gasteiger partial charge in [-0.05, 0) is 30.2 Å². The minimum absolute atomic E-state index is 0.134. The van der Waals surface area contributed by atoms with Crippen molar-refractivity contribution in [1.29, 1.82) is 0 Å². The zero-order valence-electron chi connectivity index (χ0n) is 11.0. The van der Waals surface area contributed by atoms with Crippen LogP contribution in [-0.4, -0.2) is 11.1 Å². The molecule has 0 atom stereocenters. The number of nitro groups is 1. The van der Waals surface area contributed by atoms with Crippen molar-refractivity contribution >= 4 is 29.2 Å². The summed E-state index contributed by atoms with van der Waals surface area (Å²) in [6.07, 6.45) is 1.24. The third-order valence-electron chi connectivity index (χ3n) is 2.77. The number of hydrogen-bond donors (Lipinski definition) is 1. The molecule has 0 amide bonds. The predicted molar refractivity (Wildman–Crippen MR) is 79.9 cm³/mol. The van der Waals surface area contributed by atoms with E-state index in [0.717, 1.165) is 17.7 Å². The molecule has 2 rings (SSSR count). The highest BCUT2D eigenvalue weighted by Gasteiger charge is 2.05. The molecule has 21 heavy (non-hydrogen) atoms. The van der Waals surface area contributed by atoms with Gasteiger partial charge in [-0.25, -0.2) is 0 Å². The molecule has 0 saturated carbocycles. The first-order valence-corrected chi connectivity index (χ1v) is 6.36. The second-order valence-electron chi connectivity index (χ2n) is 4.31. The van der Waals surface area contributed by atoms with Gasteiger partial charge in [-0.1, -0.05) is 29.5 Å². The molecule has 6 nitrogen and oxygen atoms in total. The molecule has 0 aliphatic rings. The standard InChI is InChI=1S/C14H12ClN3O3/c1-9-2-3-11(7-13(9)15)17-16-8-10-6-12(18(20)21)4-5-14(10)19/h2-8,17,19H,1H3/p-1/b16-8-. The van der Waals surface area contributed by atoms with Crippen molar-refractivity contribution in [2.75, 3.05) is 5.43 Å². The van der Waals surface area contributed by atoms with Gasteiger partial charge in [0.2, 0.25) is 0 Å². The Morgan fingerprint density at radius 2 is 2.05 bits per heavy atom. The van der Waals surface area contributed by atoms with Crippen LogP contribution in [-0.2, 0) is 0 Å². The van der Waals surface area contributed by atoms with Crippen LogP contribution in [0.15, 0.2) is 41.5 Å². The Labute approximate surface area is 125 Å². The van der Waals surface area contributed by atoms with Gasteiger partial charge in [0.25, 0.3) is 5.69 Å². The molecule has 0 fully saturated rings. The molecule has 1 N–H and O–H groups in total. The number of nitrogens with zero attached hydrogens (tertiary/aromatic N) is 2. The molecule has 0 aromatic heterocycles. The maximum Gasteiger partial charge on any atom is 0.270 e. The average molecular weight is 305 g/mol. The van der Waals surface area contributed by atoms with Crippen LogP contribution in [0.3, 0.4) is 0 Å². The Hall–Kier alpha value is -2.60. The molecule has 2 aromatic rings. The smallest absolute Gasteiger partial charge is 0.270 e. The van der Waals surface area contributed by atoms with Crippen LogP contribution in [0, 0.1) is 17.0 Å². The van der Waals surface area contributed by atoms with Crippen LogP contribution >= 0.6 is 11.6 Å². The Bertz CT molecular complexity index is 717. The summed E-state index contributed by atoms with van der Waals surface area (Å²) in [5.74, 6) is -0.340. The largest absolute Gasteiger partial charge is 0.872 e. The Morgan fingerprint density at radius 3 is 2.71 bits per heavy atom. The topological polar surface area (TPSA) is 90.6 Å². The summed E-state index contributed by atoms with van der Waals surface area (Å²) < 4.78 is 0. The van der Waals surface area contributed by atoms with Crippen LogP contribution < -0.4 is 10.5 Å². The lowest BCUT2D eigenvalue weighted by Gasteiger charge is -2.09. The van der Waals surface area contributed by atoms with E-state index in [1.807, 2.05) is 13.0 Å². The molecule has 0 spiro atoms. The fraction of sp³-hybridized carbons (Fsp3) is 0.0714. The third kappa shape index (κ3) is 3.70. The number of aryl methyl sites for hydroxylation is 1. The van der Waals surface area contributed by atoms with Gasteiger partial charge in [-0.3, -0.25) is 15.5 Å². The number of halogens is 1. The van der Waals surface area contributed by atoms with Gasteiger partial charge in [-0.2, -0.15) is 5.10 Å². The molecule has 2 aromatic carbocycles. The van der Waals surface area contributed by atoms with Crippen LogP contribution in [0.1, 0.15) is 11.1 Å². The van der Waals surface area contributed by atoms with E-state index in [2.05, 4.69) is 10.5 Å². The zero-order valence-corrected chi connectivity index (χ0v) is 11.8. The lowest BCUT2D eigenvalue weighted by molar-refractivity contribution is -0.385. The van der Waals surface area contributed by atoms with E-state index in [-0.39, 0.29) is 17.0 Å². The second kappa shape index (κ2) is 6.23. The molecule has 0 aliphatic heterocycles. The van der Waals surface area contributed by atoms with Crippen molar-refractivity contribution in [1.82, 2.24) is 0 Å². The van der Waals surface area contributed by atoms with E-state index in [0.29, 0.717) is 10.7 Å². The van der Waals surface area contributed by atoms with Crippen LogP contribution in [0.4, 0.5) is 11.4 Å². The first-order valence-electron chi connectivity index (χ1n) is 5.98. The van der Waals surface area contributed by atoms with Crippen molar-refractivity contribution in [2.45, 2.75) is 6.92 Å². The van der Waals surface area contributed by atoms with Gasteiger partial charge in [-0.15, -0.1) is 0 Å². The van der Waals surface area contributed by atoms with E-state index in [9.17, 15) is 15.2 Å².